The van der Waals surface area contributed by atoms with Crippen LogP contribution in [0, 0.1) is 0 Å². The zero-order valence-electron chi connectivity index (χ0n) is 27.3. The lowest BCUT2D eigenvalue weighted by Crippen LogP contribution is -2.16. The molecular weight excluding hydrogens is 597 g/mol. The van der Waals surface area contributed by atoms with Crippen molar-refractivity contribution in [1.82, 2.24) is 19.9 Å². The van der Waals surface area contributed by atoms with E-state index >= 15 is 0 Å². The van der Waals surface area contributed by atoms with Crippen LogP contribution in [0.4, 0.5) is 0 Å². The third-order valence-electron chi connectivity index (χ3n) is 9.78. The maximum Gasteiger partial charge on any atom is 0.160 e. The third kappa shape index (κ3) is 4.92. The molecule has 4 nitrogen and oxygen atoms in total. The molecule has 1 aliphatic carbocycles. The van der Waals surface area contributed by atoms with E-state index in [1.165, 1.54) is 33.2 Å². The van der Waals surface area contributed by atoms with Crippen LogP contribution in [-0.4, -0.2) is 19.9 Å². The van der Waals surface area contributed by atoms with E-state index in [4.69, 9.17) is 15.0 Å². The van der Waals surface area contributed by atoms with E-state index < -0.39 is 0 Å². The molecule has 0 unspecified atom stereocenters. The Hall–Kier alpha value is -6.26. The number of nitrogens with zero attached hydrogens (tertiary/aromatic N) is 4. The molecule has 0 N–H and O–H groups in total. The first-order chi connectivity index (χ1) is 24.0. The summed E-state index contributed by atoms with van der Waals surface area (Å²) in [4.78, 5) is 19.6. The van der Waals surface area contributed by atoms with Crippen molar-refractivity contribution >= 4 is 10.9 Å². The van der Waals surface area contributed by atoms with Gasteiger partial charge < -0.3 is 0 Å². The lowest BCUT2D eigenvalue weighted by atomic mass is 9.78. The van der Waals surface area contributed by atoms with Crippen LogP contribution < -0.4 is 0 Å². The van der Waals surface area contributed by atoms with Crippen LogP contribution in [-0.2, 0) is 5.41 Å². The predicted octanol–water partition coefficient (Wildman–Crippen LogP) is 11.1. The minimum Gasteiger partial charge on any atom is -0.264 e. The van der Waals surface area contributed by atoms with Crippen LogP contribution in [0.2, 0.25) is 0 Å². The number of aromatic nitrogens is 4. The molecule has 0 fully saturated rings. The highest BCUT2D eigenvalue weighted by atomic mass is 14.9. The van der Waals surface area contributed by atoms with Gasteiger partial charge in [0, 0.05) is 45.4 Å². The molecule has 3 aromatic heterocycles. The van der Waals surface area contributed by atoms with E-state index in [0.29, 0.717) is 5.82 Å². The van der Waals surface area contributed by atoms with Gasteiger partial charge in [-0.2, -0.15) is 0 Å². The molecule has 0 saturated heterocycles. The van der Waals surface area contributed by atoms with Gasteiger partial charge in [-0.05, 0) is 51.6 Å². The number of pyridine rings is 2. The Kier molecular flexibility index (Phi) is 6.77. The van der Waals surface area contributed by atoms with Gasteiger partial charge in [-0.15, -0.1) is 0 Å². The lowest BCUT2D eigenvalue weighted by molar-refractivity contribution is 0.662. The maximum absolute atomic E-state index is 5.22. The zero-order chi connectivity index (χ0) is 33.0. The topological polar surface area (TPSA) is 51.6 Å². The Balaban J connectivity index is 1.16. The molecule has 0 aliphatic heterocycles. The fraction of sp³-hybridized carbons (Fsp3) is 0.0667. The quantitative estimate of drug-likeness (QED) is 0.190. The average molecular weight is 629 g/mol. The maximum atomic E-state index is 5.22. The summed E-state index contributed by atoms with van der Waals surface area (Å²) < 4.78 is 0. The fourth-order valence-corrected chi connectivity index (χ4v) is 7.32. The highest BCUT2D eigenvalue weighted by Crippen LogP contribution is 2.53. The van der Waals surface area contributed by atoms with E-state index in [0.717, 1.165) is 50.4 Å². The minimum atomic E-state index is -0.185. The van der Waals surface area contributed by atoms with Crippen molar-refractivity contribution in [2.45, 2.75) is 19.3 Å². The normalized spacial score (nSPS) is 12.9. The molecule has 4 heteroatoms. The van der Waals surface area contributed by atoms with Crippen molar-refractivity contribution in [3.8, 4) is 67.4 Å². The van der Waals surface area contributed by atoms with Crippen molar-refractivity contribution in [3.05, 3.63) is 169 Å². The molecule has 0 amide bonds. The second-order valence-electron chi connectivity index (χ2n) is 13.1. The summed E-state index contributed by atoms with van der Waals surface area (Å²) in [7, 11) is 0. The SMILES string of the molecule is CC1(C)c2ccccc2-c2nc3ccccc3c(-c3ccc(-c4cc(-c5ccc(-c6cccnc6)cc5)nc(-c5ccccc5)n4)cc3)c21. The molecular formula is C45H32N4. The summed E-state index contributed by atoms with van der Waals surface area (Å²) in [5.74, 6) is 0.700. The molecule has 1 aliphatic rings. The van der Waals surface area contributed by atoms with Gasteiger partial charge in [-0.3, -0.25) is 4.98 Å². The highest BCUT2D eigenvalue weighted by Gasteiger charge is 2.39. The van der Waals surface area contributed by atoms with E-state index in [-0.39, 0.29) is 5.41 Å². The monoisotopic (exact) mass is 628 g/mol. The number of para-hydroxylation sites is 1. The summed E-state index contributed by atoms with van der Waals surface area (Å²) in [5.41, 5.74) is 15.2. The van der Waals surface area contributed by atoms with Crippen LogP contribution in [0.5, 0.6) is 0 Å². The molecule has 0 spiro atoms. The lowest BCUT2D eigenvalue weighted by Gasteiger charge is -2.25. The summed E-state index contributed by atoms with van der Waals surface area (Å²) in [6.07, 6.45) is 3.68. The molecule has 5 aromatic carbocycles. The molecule has 0 radical (unpaired) electrons. The number of fused-ring (bicyclic) bond motifs is 4. The van der Waals surface area contributed by atoms with Gasteiger partial charge in [-0.1, -0.05) is 141 Å². The molecule has 8 aromatic rings. The Bertz CT molecular complexity index is 2490. The number of benzene rings is 5. The van der Waals surface area contributed by atoms with Gasteiger partial charge >= 0.3 is 0 Å². The van der Waals surface area contributed by atoms with Gasteiger partial charge in [0.2, 0.25) is 0 Å². The second kappa shape index (κ2) is 11.5. The first-order valence-corrected chi connectivity index (χ1v) is 16.6. The van der Waals surface area contributed by atoms with E-state index in [1.54, 1.807) is 6.20 Å². The predicted molar refractivity (Wildman–Crippen MR) is 200 cm³/mol. The van der Waals surface area contributed by atoms with Crippen molar-refractivity contribution < 1.29 is 0 Å². The summed E-state index contributed by atoms with van der Waals surface area (Å²) in [5, 5.41) is 1.17. The van der Waals surface area contributed by atoms with Crippen LogP contribution in [0.15, 0.2) is 158 Å². The van der Waals surface area contributed by atoms with Crippen molar-refractivity contribution in [2.24, 2.45) is 0 Å². The Morgan fingerprint density at radius 1 is 0.490 bits per heavy atom. The molecule has 49 heavy (non-hydrogen) atoms. The second-order valence-corrected chi connectivity index (χ2v) is 13.1. The Morgan fingerprint density at radius 3 is 1.82 bits per heavy atom. The molecule has 0 saturated carbocycles. The zero-order valence-corrected chi connectivity index (χ0v) is 27.3. The highest BCUT2D eigenvalue weighted by molar-refractivity contribution is 6.02. The van der Waals surface area contributed by atoms with Crippen molar-refractivity contribution in [3.63, 3.8) is 0 Å². The number of hydrogen-bond acceptors (Lipinski definition) is 4. The van der Waals surface area contributed by atoms with E-state index in [2.05, 4.69) is 140 Å². The Labute approximate surface area is 285 Å². The van der Waals surface area contributed by atoms with Crippen LogP contribution in [0.25, 0.3) is 78.3 Å². The number of rotatable bonds is 5. The largest absolute Gasteiger partial charge is 0.264 e. The summed E-state index contributed by atoms with van der Waals surface area (Å²) in [6.45, 7) is 4.64. The Morgan fingerprint density at radius 2 is 1.10 bits per heavy atom. The molecule has 9 rings (SSSR count). The van der Waals surface area contributed by atoms with E-state index in [1.807, 2.05) is 30.5 Å². The van der Waals surface area contributed by atoms with Gasteiger partial charge in [-0.25, -0.2) is 15.0 Å². The van der Waals surface area contributed by atoms with Gasteiger partial charge in [0.25, 0.3) is 0 Å². The molecule has 0 atom stereocenters. The smallest absolute Gasteiger partial charge is 0.160 e. The fourth-order valence-electron chi connectivity index (χ4n) is 7.32. The standard InChI is InChI=1S/C45H32N4/c1-45(2)37-16-8-6-14-35(37)43-42(45)41(36-15-7-9-17-38(36)47-43)32-24-22-31(23-25-32)40-27-39(48-44(49-40)33-11-4-3-5-12-33)30-20-18-29(19-21-30)34-13-10-26-46-28-34/h3-28H,1-2H3. The molecule has 232 valence electrons. The molecule has 3 heterocycles. The van der Waals surface area contributed by atoms with Crippen LogP contribution >= 0.6 is 0 Å². The molecule has 0 bridgehead atoms. The average Bonchev–Trinajstić information content (AvgIpc) is 3.40. The summed E-state index contributed by atoms with van der Waals surface area (Å²) in [6, 6.07) is 50.9. The minimum absolute atomic E-state index is 0.185. The number of hydrogen-bond donors (Lipinski definition) is 0. The summed E-state index contributed by atoms with van der Waals surface area (Å²) >= 11 is 0. The van der Waals surface area contributed by atoms with Crippen molar-refractivity contribution in [2.75, 3.05) is 0 Å². The van der Waals surface area contributed by atoms with Gasteiger partial charge in [0.05, 0.1) is 22.6 Å². The first-order valence-electron chi connectivity index (χ1n) is 16.6. The first kappa shape index (κ1) is 28.9. The van der Waals surface area contributed by atoms with Gasteiger partial charge in [0.1, 0.15) is 0 Å². The van der Waals surface area contributed by atoms with Gasteiger partial charge in [0.15, 0.2) is 5.82 Å². The van der Waals surface area contributed by atoms with E-state index in [9.17, 15) is 0 Å². The van der Waals surface area contributed by atoms with Crippen molar-refractivity contribution in [1.29, 1.82) is 0 Å². The third-order valence-corrected chi connectivity index (χ3v) is 9.78. The van der Waals surface area contributed by atoms with Crippen LogP contribution in [0.3, 0.4) is 0 Å². The van der Waals surface area contributed by atoms with Crippen LogP contribution in [0.1, 0.15) is 25.0 Å².